The van der Waals surface area contributed by atoms with Gasteiger partial charge in [0.05, 0.1) is 11.6 Å². The number of aromatic nitrogens is 4. The highest BCUT2D eigenvalue weighted by molar-refractivity contribution is 5.93. The zero-order chi connectivity index (χ0) is 21.2. The number of aromatic amines is 1. The Kier molecular flexibility index (Phi) is 5.03. The molecule has 2 aromatic carbocycles. The van der Waals surface area contributed by atoms with Gasteiger partial charge in [-0.15, -0.1) is 0 Å². The monoisotopic (exact) mass is 417 g/mol. The number of amides is 1. The average molecular weight is 417 g/mol. The predicted octanol–water partition coefficient (Wildman–Crippen LogP) is 4.29. The van der Waals surface area contributed by atoms with Crippen molar-refractivity contribution in [3.63, 3.8) is 0 Å². The average Bonchev–Trinajstić information content (AvgIpc) is 3.50. The van der Waals surface area contributed by atoms with Crippen molar-refractivity contribution in [2.45, 2.75) is 18.8 Å². The number of benzene rings is 2. The molecule has 1 unspecified atom stereocenters. The van der Waals surface area contributed by atoms with E-state index in [2.05, 4.69) is 20.3 Å². The van der Waals surface area contributed by atoms with Crippen LogP contribution < -0.4 is 0 Å². The summed E-state index contributed by atoms with van der Waals surface area (Å²) < 4.78 is 18.9. The van der Waals surface area contributed by atoms with Crippen molar-refractivity contribution in [1.82, 2.24) is 25.2 Å². The van der Waals surface area contributed by atoms with E-state index in [0.29, 0.717) is 36.1 Å². The molecular weight excluding hydrogens is 397 g/mol. The van der Waals surface area contributed by atoms with Crippen LogP contribution in [0.15, 0.2) is 65.2 Å². The van der Waals surface area contributed by atoms with Crippen molar-refractivity contribution in [2.24, 2.45) is 0 Å². The normalized spacial score (nSPS) is 16.4. The van der Waals surface area contributed by atoms with Crippen molar-refractivity contribution in [3.8, 4) is 22.6 Å². The van der Waals surface area contributed by atoms with Gasteiger partial charge in [0.1, 0.15) is 11.5 Å². The molecule has 5 rings (SSSR count). The Hall–Kier alpha value is -3.81. The lowest BCUT2D eigenvalue weighted by Gasteiger charge is -2.30. The van der Waals surface area contributed by atoms with Crippen LogP contribution in [0.1, 0.15) is 35.1 Å². The van der Waals surface area contributed by atoms with Gasteiger partial charge in [-0.1, -0.05) is 47.6 Å². The number of halogens is 1. The van der Waals surface area contributed by atoms with Gasteiger partial charge in [0, 0.05) is 24.2 Å². The fourth-order valence-electron chi connectivity index (χ4n) is 3.87. The fraction of sp³-hybridized carbons (Fsp3) is 0.217. The van der Waals surface area contributed by atoms with Gasteiger partial charge in [0.15, 0.2) is 0 Å². The zero-order valence-corrected chi connectivity index (χ0v) is 16.7. The molecule has 1 atom stereocenters. The van der Waals surface area contributed by atoms with Crippen LogP contribution in [0.5, 0.6) is 0 Å². The Morgan fingerprint density at radius 3 is 2.77 bits per heavy atom. The van der Waals surface area contributed by atoms with E-state index < -0.39 is 0 Å². The topological polar surface area (TPSA) is 87.9 Å². The first kappa shape index (κ1) is 19.2. The van der Waals surface area contributed by atoms with Crippen LogP contribution in [-0.4, -0.2) is 44.2 Å². The molecule has 1 amide bonds. The number of likely N-dealkylation sites (tertiary alicyclic amines) is 1. The van der Waals surface area contributed by atoms with Gasteiger partial charge in [-0.25, -0.2) is 4.39 Å². The number of nitrogens with one attached hydrogen (secondary N) is 1. The Balaban J connectivity index is 1.31. The molecule has 8 heteroatoms. The number of piperidine rings is 1. The van der Waals surface area contributed by atoms with Crippen molar-refractivity contribution < 1.29 is 13.7 Å². The largest absolute Gasteiger partial charge is 0.339 e. The van der Waals surface area contributed by atoms with E-state index in [1.165, 1.54) is 12.1 Å². The Morgan fingerprint density at radius 2 is 1.94 bits per heavy atom. The van der Waals surface area contributed by atoms with Crippen LogP contribution >= 0.6 is 0 Å². The lowest BCUT2D eigenvalue weighted by Crippen LogP contribution is -2.39. The van der Waals surface area contributed by atoms with Crippen LogP contribution in [0.3, 0.4) is 0 Å². The first-order valence-corrected chi connectivity index (χ1v) is 10.2. The number of H-pyrrole nitrogens is 1. The summed E-state index contributed by atoms with van der Waals surface area (Å²) in [6.45, 7) is 1.13. The quantitative estimate of drug-likeness (QED) is 0.535. The standard InChI is InChI=1S/C23H20FN5O2/c24-18-10-4-8-16(12-18)21-25-22(31-28-21)17-9-5-11-29(14-17)23(30)20-13-19(26-27-20)15-6-2-1-3-7-15/h1-4,6-8,10,12-13,17H,5,9,11,14H2,(H,26,27). The van der Waals surface area contributed by atoms with Gasteiger partial charge in [-0.05, 0) is 31.0 Å². The first-order valence-electron chi connectivity index (χ1n) is 10.2. The summed E-state index contributed by atoms with van der Waals surface area (Å²) in [5.41, 5.74) is 2.69. The van der Waals surface area contributed by atoms with Crippen molar-refractivity contribution >= 4 is 5.91 Å². The summed E-state index contributed by atoms with van der Waals surface area (Å²) in [7, 11) is 0. The molecule has 0 spiro atoms. The molecule has 0 bridgehead atoms. The molecule has 1 aliphatic heterocycles. The molecule has 31 heavy (non-hydrogen) atoms. The number of nitrogens with zero attached hydrogens (tertiary/aromatic N) is 4. The van der Waals surface area contributed by atoms with Crippen LogP contribution in [0.2, 0.25) is 0 Å². The predicted molar refractivity (Wildman–Crippen MR) is 112 cm³/mol. The molecule has 0 saturated carbocycles. The molecule has 3 heterocycles. The number of carbonyl (C=O) groups is 1. The van der Waals surface area contributed by atoms with Crippen LogP contribution in [-0.2, 0) is 0 Å². The second-order valence-corrected chi connectivity index (χ2v) is 7.59. The summed E-state index contributed by atoms with van der Waals surface area (Å²) in [5, 5.41) is 11.1. The summed E-state index contributed by atoms with van der Waals surface area (Å²) >= 11 is 0. The summed E-state index contributed by atoms with van der Waals surface area (Å²) in [6, 6.07) is 17.6. The minimum Gasteiger partial charge on any atom is -0.339 e. The van der Waals surface area contributed by atoms with Gasteiger partial charge < -0.3 is 9.42 Å². The van der Waals surface area contributed by atoms with Gasteiger partial charge in [-0.3, -0.25) is 9.89 Å². The van der Waals surface area contributed by atoms with Gasteiger partial charge >= 0.3 is 0 Å². The number of hydrogen-bond donors (Lipinski definition) is 1. The number of rotatable bonds is 4. The third-order valence-electron chi connectivity index (χ3n) is 5.46. The van der Waals surface area contributed by atoms with E-state index in [0.717, 1.165) is 24.1 Å². The molecule has 156 valence electrons. The van der Waals surface area contributed by atoms with Crippen molar-refractivity contribution in [3.05, 3.63) is 78.1 Å². The first-order chi connectivity index (χ1) is 15.2. The molecule has 0 radical (unpaired) electrons. The lowest BCUT2D eigenvalue weighted by atomic mass is 9.97. The molecular formula is C23H20FN5O2. The van der Waals surface area contributed by atoms with E-state index in [1.807, 2.05) is 30.3 Å². The second kappa shape index (κ2) is 8.14. The summed E-state index contributed by atoms with van der Waals surface area (Å²) in [4.78, 5) is 19.3. The Bertz CT molecular complexity index is 1200. The van der Waals surface area contributed by atoms with E-state index in [-0.39, 0.29) is 17.6 Å². The fourth-order valence-corrected chi connectivity index (χ4v) is 3.87. The van der Waals surface area contributed by atoms with Gasteiger partial charge in [0.25, 0.3) is 5.91 Å². The Morgan fingerprint density at radius 1 is 1.10 bits per heavy atom. The maximum atomic E-state index is 13.5. The highest BCUT2D eigenvalue weighted by Gasteiger charge is 2.30. The highest BCUT2D eigenvalue weighted by atomic mass is 19.1. The smallest absolute Gasteiger partial charge is 0.271 e. The number of carbonyl (C=O) groups excluding carboxylic acids is 1. The van der Waals surface area contributed by atoms with E-state index >= 15 is 0 Å². The van der Waals surface area contributed by atoms with Crippen LogP contribution in [0, 0.1) is 5.82 Å². The molecule has 2 aromatic heterocycles. The Labute approximate surface area is 177 Å². The molecule has 1 fully saturated rings. The second-order valence-electron chi connectivity index (χ2n) is 7.59. The minimum atomic E-state index is -0.354. The maximum absolute atomic E-state index is 13.5. The molecule has 1 saturated heterocycles. The SMILES string of the molecule is O=C(c1cc(-c2ccccc2)n[nH]1)N1CCCC(c2nc(-c3cccc(F)c3)no2)C1. The van der Waals surface area contributed by atoms with Gasteiger partial charge in [-0.2, -0.15) is 10.1 Å². The molecule has 7 nitrogen and oxygen atoms in total. The molecule has 1 N–H and O–H groups in total. The van der Waals surface area contributed by atoms with E-state index in [1.54, 1.807) is 23.1 Å². The van der Waals surface area contributed by atoms with E-state index in [9.17, 15) is 9.18 Å². The lowest BCUT2D eigenvalue weighted by molar-refractivity contribution is 0.0689. The molecule has 0 aliphatic carbocycles. The molecule has 1 aliphatic rings. The van der Waals surface area contributed by atoms with Crippen molar-refractivity contribution in [2.75, 3.05) is 13.1 Å². The minimum absolute atomic E-state index is 0.0657. The van der Waals surface area contributed by atoms with E-state index in [4.69, 9.17) is 4.52 Å². The van der Waals surface area contributed by atoms with Crippen molar-refractivity contribution in [1.29, 1.82) is 0 Å². The number of hydrogen-bond acceptors (Lipinski definition) is 5. The third kappa shape index (κ3) is 3.96. The van der Waals surface area contributed by atoms with Gasteiger partial charge in [0.2, 0.25) is 11.7 Å². The highest BCUT2D eigenvalue weighted by Crippen LogP contribution is 2.29. The molecule has 4 aromatic rings. The van der Waals surface area contributed by atoms with Crippen LogP contribution in [0.25, 0.3) is 22.6 Å². The third-order valence-corrected chi connectivity index (χ3v) is 5.46. The van der Waals surface area contributed by atoms with Crippen LogP contribution in [0.4, 0.5) is 4.39 Å². The summed E-state index contributed by atoms with van der Waals surface area (Å²) in [6.07, 6.45) is 1.67. The zero-order valence-electron chi connectivity index (χ0n) is 16.7. The summed E-state index contributed by atoms with van der Waals surface area (Å²) in [5.74, 6) is 0.284. The maximum Gasteiger partial charge on any atom is 0.271 e.